The van der Waals surface area contributed by atoms with Crippen LogP contribution in [0.15, 0.2) is 54.3 Å². The van der Waals surface area contributed by atoms with Crippen LogP contribution >= 0.6 is 11.3 Å². The lowest BCUT2D eigenvalue weighted by Crippen LogP contribution is -1.97. The first-order chi connectivity index (χ1) is 13.3. The lowest BCUT2D eigenvalue weighted by molar-refractivity contribution is 0.112. The normalized spacial score (nSPS) is 11.3. The second-order valence-electron chi connectivity index (χ2n) is 5.83. The van der Waals surface area contributed by atoms with Gasteiger partial charge in [-0.15, -0.1) is 11.3 Å². The molecule has 5 aromatic heterocycles. The zero-order valence-electron chi connectivity index (χ0n) is 13.8. The summed E-state index contributed by atoms with van der Waals surface area (Å²) in [5.74, 6) is 0.619. The minimum Gasteiger partial charge on any atom is -0.492 e. The Hall–Kier alpha value is -3.65. The van der Waals surface area contributed by atoms with Gasteiger partial charge in [0, 0.05) is 28.9 Å². The summed E-state index contributed by atoms with van der Waals surface area (Å²) in [4.78, 5) is 28.8. The summed E-state index contributed by atoms with van der Waals surface area (Å²) >= 11 is 1.36. The van der Waals surface area contributed by atoms with Crippen LogP contribution in [0.1, 0.15) is 10.4 Å². The van der Waals surface area contributed by atoms with E-state index in [1.165, 1.54) is 11.3 Å². The molecule has 0 aliphatic carbocycles. The van der Waals surface area contributed by atoms with Crippen LogP contribution in [0, 0.1) is 0 Å². The van der Waals surface area contributed by atoms with Gasteiger partial charge in [-0.05, 0) is 24.3 Å². The van der Waals surface area contributed by atoms with Crippen molar-refractivity contribution in [3.8, 4) is 28.8 Å². The summed E-state index contributed by atoms with van der Waals surface area (Å²) in [7, 11) is 0. The monoisotopic (exact) mass is 373 g/mol. The summed E-state index contributed by atoms with van der Waals surface area (Å²) in [6, 6.07) is 9.10. The summed E-state index contributed by atoms with van der Waals surface area (Å²) in [6.07, 6.45) is 5.86. The van der Waals surface area contributed by atoms with E-state index in [2.05, 4.69) is 19.9 Å². The van der Waals surface area contributed by atoms with Crippen LogP contribution in [0.5, 0.6) is 5.88 Å². The maximum Gasteiger partial charge on any atom is 0.233 e. The Bertz CT molecular complexity index is 1310. The van der Waals surface area contributed by atoms with Crippen LogP contribution in [0.25, 0.3) is 38.6 Å². The van der Waals surface area contributed by atoms with Gasteiger partial charge in [0.15, 0.2) is 17.9 Å². The highest BCUT2D eigenvalue weighted by atomic mass is 32.1. The summed E-state index contributed by atoms with van der Waals surface area (Å²) < 4.78 is 2.32. The molecule has 0 spiro atoms. The van der Waals surface area contributed by atoms with Crippen molar-refractivity contribution in [2.75, 3.05) is 0 Å². The lowest BCUT2D eigenvalue weighted by atomic mass is 10.2. The second kappa shape index (κ2) is 5.96. The number of carbonyl (C=O) groups is 1. The Morgan fingerprint density at radius 1 is 1.11 bits per heavy atom. The molecule has 7 nitrogen and oxygen atoms in total. The van der Waals surface area contributed by atoms with Gasteiger partial charge in [-0.3, -0.25) is 14.2 Å². The molecule has 0 unspecified atom stereocenters. The van der Waals surface area contributed by atoms with Crippen molar-refractivity contribution < 1.29 is 9.90 Å². The molecule has 0 amide bonds. The number of carbonyl (C=O) groups excluding carboxylic acids is 1. The maximum absolute atomic E-state index is 11.2. The highest BCUT2D eigenvalue weighted by Crippen LogP contribution is 2.37. The number of aromatic hydroxyl groups is 1. The molecule has 5 rings (SSSR count). The molecule has 130 valence electrons. The number of imidazole rings is 1. The highest BCUT2D eigenvalue weighted by molar-refractivity contribution is 7.18. The first-order valence-corrected chi connectivity index (χ1v) is 8.95. The first-order valence-electron chi connectivity index (χ1n) is 8.07. The van der Waals surface area contributed by atoms with Gasteiger partial charge in [-0.2, -0.15) is 4.98 Å². The fourth-order valence-corrected chi connectivity index (χ4v) is 3.90. The Kier molecular flexibility index (Phi) is 3.44. The van der Waals surface area contributed by atoms with Gasteiger partial charge in [0.1, 0.15) is 4.70 Å². The van der Waals surface area contributed by atoms with Crippen LogP contribution in [0.3, 0.4) is 0 Å². The van der Waals surface area contributed by atoms with Crippen molar-refractivity contribution in [1.29, 1.82) is 0 Å². The highest BCUT2D eigenvalue weighted by Gasteiger charge is 2.18. The SMILES string of the molecule is O=Cc1cccn2c(-c3nc(O)c4scc(-c5ccccn5)c4n3)ncc12. The van der Waals surface area contributed by atoms with E-state index >= 15 is 0 Å². The van der Waals surface area contributed by atoms with Gasteiger partial charge in [0.25, 0.3) is 0 Å². The third-order valence-corrected chi connectivity index (χ3v) is 5.23. The van der Waals surface area contributed by atoms with E-state index in [1.807, 2.05) is 23.6 Å². The van der Waals surface area contributed by atoms with Crippen molar-refractivity contribution in [2.45, 2.75) is 0 Å². The molecule has 0 aliphatic heterocycles. The van der Waals surface area contributed by atoms with E-state index < -0.39 is 0 Å². The molecule has 27 heavy (non-hydrogen) atoms. The number of hydrogen-bond donors (Lipinski definition) is 1. The average molecular weight is 373 g/mol. The van der Waals surface area contributed by atoms with Gasteiger partial charge >= 0.3 is 0 Å². The van der Waals surface area contributed by atoms with E-state index in [0.717, 1.165) is 17.5 Å². The summed E-state index contributed by atoms with van der Waals surface area (Å²) in [6.45, 7) is 0. The molecular weight excluding hydrogens is 362 g/mol. The molecule has 0 atom stereocenters. The van der Waals surface area contributed by atoms with Gasteiger partial charge < -0.3 is 5.11 Å². The van der Waals surface area contributed by atoms with Crippen molar-refractivity contribution in [3.05, 3.63) is 59.9 Å². The number of hydrogen-bond acceptors (Lipinski definition) is 7. The third-order valence-electron chi connectivity index (χ3n) is 4.27. The van der Waals surface area contributed by atoms with E-state index in [9.17, 15) is 9.90 Å². The molecular formula is C19H11N5O2S. The quantitative estimate of drug-likeness (QED) is 0.486. The Labute approximate surface area is 156 Å². The molecule has 0 fully saturated rings. The molecule has 0 aliphatic rings. The van der Waals surface area contributed by atoms with Crippen LogP contribution < -0.4 is 0 Å². The van der Waals surface area contributed by atoms with Crippen LogP contribution in [0.2, 0.25) is 0 Å². The molecule has 1 N–H and O–H groups in total. The largest absolute Gasteiger partial charge is 0.492 e. The summed E-state index contributed by atoms with van der Waals surface area (Å²) in [5.41, 5.74) is 3.38. The van der Waals surface area contributed by atoms with Crippen LogP contribution in [-0.4, -0.2) is 35.7 Å². The zero-order chi connectivity index (χ0) is 18.4. The molecule has 5 heterocycles. The number of fused-ring (bicyclic) bond motifs is 2. The predicted molar refractivity (Wildman–Crippen MR) is 102 cm³/mol. The molecule has 8 heteroatoms. The number of nitrogens with zero attached hydrogens (tertiary/aromatic N) is 5. The zero-order valence-corrected chi connectivity index (χ0v) is 14.6. The molecule has 0 saturated heterocycles. The smallest absolute Gasteiger partial charge is 0.233 e. The standard InChI is InChI=1S/C19H11N5O2S/c25-9-11-4-3-7-24-14(11)8-21-18(24)17-22-15-12(13-5-1-2-6-20-13)10-27-16(15)19(26)23-17/h1-10H,(H,22,23,26). The van der Waals surface area contributed by atoms with Crippen molar-refractivity contribution in [2.24, 2.45) is 0 Å². The van der Waals surface area contributed by atoms with Crippen molar-refractivity contribution in [3.63, 3.8) is 0 Å². The van der Waals surface area contributed by atoms with E-state index in [0.29, 0.717) is 27.1 Å². The lowest BCUT2D eigenvalue weighted by Gasteiger charge is -2.04. The maximum atomic E-state index is 11.2. The Morgan fingerprint density at radius 3 is 2.85 bits per heavy atom. The van der Waals surface area contributed by atoms with Gasteiger partial charge in [-0.1, -0.05) is 6.07 Å². The van der Waals surface area contributed by atoms with Gasteiger partial charge in [-0.25, -0.2) is 9.97 Å². The van der Waals surface area contributed by atoms with Gasteiger partial charge in [0.05, 0.1) is 22.9 Å². The second-order valence-corrected chi connectivity index (χ2v) is 6.71. The molecule has 0 radical (unpaired) electrons. The first kappa shape index (κ1) is 15.6. The molecule has 0 bridgehead atoms. The van der Waals surface area contributed by atoms with Gasteiger partial charge in [0.2, 0.25) is 5.88 Å². The van der Waals surface area contributed by atoms with Crippen molar-refractivity contribution >= 4 is 33.4 Å². The molecule has 0 saturated carbocycles. The number of aldehydes is 1. The molecule has 0 aromatic carbocycles. The fraction of sp³-hybridized carbons (Fsp3) is 0. The number of rotatable bonds is 3. The predicted octanol–water partition coefficient (Wildman–Crippen LogP) is 3.59. The van der Waals surface area contributed by atoms with Crippen LogP contribution in [-0.2, 0) is 0 Å². The third kappa shape index (κ3) is 2.38. The summed E-state index contributed by atoms with van der Waals surface area (Å²) in [5, 5.41) is 12.3. The van der Waals surface area contributed by atoms with E-state index in [4.69, 9.17) is 0 Å². The Morgan fingerprint density at radius 2 is 2.04 bits per heavy atom. The Balaban J connectivity index is 1.77. The average Bonchev–Trinajstić information content (AvgIpc) is 3.33. The molecule has 5 aromatic rings. The fourth-order valence-electron chi connectivity index (χ4n) is 3.02. The topological polar surface area (TPSA) is 93.3 Å². The number of pyridine rings is 2. The van der Waals surface area contributed by atoms with Crippen molar-refractivity contribution in [1.82, 2.24) is 24.3 Å². The van der Waals surface area contributed by atoms with Crippen LogP contribution in [0.4, 0.5) is 0 Å². The van der Waals surface area contributed by atoms with E-state index in [-0.39, 0.29) is 11.7 Å². The number of thiophene rings is 1. The van der Waals surface area contributed by atoms with E-state index in [1.54, 1.807) is 35.1 Å². The minimum absolute atomic E-state index is 0.106. The number of aromatic nitrogens is 5. The minimum atomic E-state index is -0.106.